The first-order chi connectivity index (χ1) is 10.2. The minimum absolute atomic E-state index is 0.0656. The van der Waals surface area contributed by atoms with Crippen LogP contribution in [0, 0.1) is 0 Å². The standard InChI is InChI=1S/C16H21ClO4/c1-19-15-10-11(9-13(17)16(15)20-2)14(18)7-3-5-12-6-4-8-21-12/h9-10,12H,3-8H2,1-2H3. The largest absolute Gasteiger partial charge is 0.493 e. The number of ether oxygens (including phenoxy) is 3. The van der Waals surface area contributed by atoms with Gasteiger partial charge in [0.2, 0.25) is 0 Å². The maximum atomic E-state index is 12.2. The first-order valence-corrected chi connectivity index (χ1v) is 7.59. The topological polar surface area (TPSA) is 44.8 Å². The Hall–Kier alpha value is -1.26. The lowest BCUT2D eigenvalue weighted by molar-refractivity contribution is 0.0922. The van der Waals surface area contributed by atoms with Crippen LogP contribution in [0.5, 0.6) is 11.5 Å². The number of rotatable bonds is 7. The van der Waals surface area contributed by atoms with E-state index in [0.29, 0.717) is 34.6 Å². The Morgan fingerprint density at radius 2 is 2.19 bits per heavy atom. The van der Waals surface area contributed by atoms with Crippen molar-refractivity contribution in [1.29, 1.82) is 0 Å². The molecule has 0 amide bonds. The zero-order valence-corrected chi connectivity index (χ0v) is 13.2. The van der Waals surface area contributed by atoms with E-state index in [-0.39, 0.29) is 5.78 Å². The third kappa shape index (κ3) is 4.11. The van der Waals surface area contributed by atoms with Crippen molar-refractivity contribution in [2.75, 3.05) is 20.8 Å². The van der Waals surface area contributed by atoms with E-state index in [0.717, 1.165) is 32.3 Å². The Kier molecular flexibility index (Phi) is 5.88. The Morgan fingerprint density at radius 3 is 2.81 bits per heavy atom. The predicted molar refractivity (Wildman–Crippen MR) is 81.7 cm³/mol. The predicted octanol–water partition coefficient (Wildman–Crippen LogP) is 3.89. The summed E-state index contributed by atoms with van der Waals surface area (Å²) in [4.78, 5) is 12.2. The highest BCUT2D eigenvalue weighted by Gasteiger charge is 2.18. The number of ketones is 1. The van der Waals surface area contributed by atoms with E-state index < -0.39 is 0 Å². The molecule has 1 fully saturated rings. The van der Waals surface area contributed by atoms with Gasteiger partial charge < -0.3 is 14.2 Å². The molecule has 0 bridgehead atoms. The number of Topliss-reactive ketones (excluding diaryl/α,β-unsaturated/α-hetero) is 1. The van der Waals surface area contributed by atoms with Gasteiger partial charge in [0.1, 0.15) is 0 Å². The quantitative estimate of drug-likeness (QED) is 0.717. The molecule has 0 saturated carbocycles. The fraction of sp³-hybridized carbons (Fsp3) is 0.562. The van der Waals surface area contributed by atoms with Crippen LogP contribution in [0.2, 0.25) is 5.02 Å². The van der Waals surface area contributed by atoms with Crippen molar-refractivity contribution in [1.82, 2.24) is 0 Å². The van der Waals surface area contributed by atoms with Crippen LogP contribution in [0.25, 0.3) is 0 Å². The summed E-state index contributed by atoms with van der Waals surface area (Å²) in [5.74, 6) is 0.999. The van der Waals surface area contributed by atoms with Gasteiger partial charge in [-0.25, -0.2) is 0 Å². The van der Waals surface area contributed by atoms with Gasteiger partial charge in [0, 0.05) is 18.6 Å². The van der Waals surface area contributed by atoms with Crippen LogP contribution in [0.3, 0.4) is 0 Å². The van der Waals surface area contributed by atoms with Crippen molar-refractivity contribution in [2.24, 2.45) is 0 Å². The Morgan fingerprint density at radius 1 is 1.38 bits per heavy atom. The molecule has 1 aromatic carbocycles. The van der Waals surface area contributed by atoms with Gasteiger partial charge in [0.25, 0.3) is 0 Å². The highest BCUT2D eigenvalue weighted by Crippen LogP contribution is 2.36. The molecule has 0 radical (unpaired) electrons. The van der Waals surface area contributed by atoms with Crippen LogP contribution in [-0.4, -0.2) is 32.7 Å². The van der Waals surface area contributed by atoms with Crippen LogP contribution in [0.1, 0.15) is 42.5 Å². The van der Waals surface area contributed by atoms with Crippen molar-refractivity contribution >= 4 is 17.4 Å². The van der Waals surface area contributed by atoms with Crippen molar-refractivity contribution in [3.63, 3.8) is 0 Å². The zero-order valence-electron chi connectivity index (χ0n) is 12.5. The van der Waals surface area contributed by atoms with Crippen molar-refractivity contribution in [3.8, 4) is 11.5 Å². The summed E-state index contributed by atoms with van der Waals surface area (Å²) < 4.78 is 15.9. The lowest BCUT2D eigenvalue weighted by Gasteiger charge is -2.12. The summed E-state index contributed by atoms with van der Waals surface area (Å²) in [6, 6.07) is 3.32. The molecule has 116 valence electrons. The maximum absolute atomic E-state index is 12.2. The van der Waals surface area contributed by atoms with Crippen LogP contribution < -0.4 is 9.47 Å². The number of halogens is 1. The SMILES string of the molecule is COc1cc(C(=O)CCCC2CCCO2)cc(Cl)c1OC. The van der Waals surface area contributed by atoms with Crippen LogP contribution >= 0.6 is 11.6 Å². The summed E-state index contributed by atoms with van der Waals surface area (Å²) in [6.45, 7) is 0.851. The molecule has 21 heavy (non-hydrogen) atoms. The fourth-order valence-electron chi connectivity index (χ4n) is 2.59. The first kappa shape index (κ1) is 16.1. The molecule has 0 aliphatic carbocycles. The number of hydrogen-bond donors (Lipinski definition) is 0. The molecule has 1 saturated heterocycles. The van der Waals surface area contributed by atoms with E-state index in [1.165, 1.54) is 14.2 Å². The summed E-state index contributed by atoms with van der Waals surface area (Å²) in [6.07, 6.45) is 4.82. The molecule has 0 N–H and O–H groups in total. The highest BCUT2D eigenvalue weighted by molar-refractivity contribution is 6.32. The molecular weight excluding hydrogens is 292 g/mol. The molecular formula is C16H21ClO4. The van der Waals surface area contributed by atoms with E-state index >= 15 is 0 Å². The summed E-state index contributed by atoms with van der Waals surface area (Å²) in [5, 5.41) is 0.388. The number of carbonyl (C=O) groups is 1. The minimum atomic E-state index is 0.0656. The molecule has 0 spiro atoms. The van der Waals surface area contributed by atoms with Gasteiger partial charge in [0.05, 0.1) is 25.3 Å². The van der Waals surface area contributed by atoms with Gasteiger partial charge in [-0.3, -0.25) is 4.79 Å². The molecule has 1 heterocycles. The second-order valence-electron chi connectivity index (χ2n) is 5.14. The molecule has 1 unspecified atom stereocenters. The van der Waals surface area contributed by atoms with E-state index in [1.807, 2.05) is 0 Å². The Balaban J connectivity index is 1.96. The third-order valence-electron chi connectivity index (χ3n) is 3.71. The van der Waals surface area contributed by atoms with Crippen molar-refractivity contribution in [2.45, 2.75) is 38.2 Å². The Bertz CT molecular complexity index is 495. The van der Waals surface area contributed by atoms with Gasteiger partial charge in [-0.2, -0.15) is 0 Å². The normalized spacial score (nSPS) is 17.8. The summed E-state index contributed by atoms with van der Waals surface area (Å²) in [5.41, 5.74) is 0.560. The number of hydrogen-bond acceptors (Lipinski definition) is 4. The van der Waals surface area contributed by atoms with Crippen molar-refractivity contribution in [3.05, 3.63) is 22.7 Å². The van der Waals surface area contributed by atoms with Crippen molar-refractivity contribution < 1.29 is 19.0 Å². The lowest BCUT2D eigenvalue weighted by Crippen LogP contribution is -2.07. The van der Waals surface area contributed by atoms with E-state index in [1.54, 1.807) is 12.1 Å². The van der Waals surface area contributed by atoms with Gasteiger partial charge >= 0.3 is 0 Å². The van der Waals surface area contributed by atoms with E-state index in [9.17, 15) is 4.79 Å². The fourth-order valence-corrected chi connectivity index (χ4v) is 2.87. The monoisotopic (exact) mass is 312 g/mol. The van der Waals surface area contributed by atoms with Gasteiger partial charge in [-0.05, 0) is 37.8 Å². The first-order valence-electron chi connectivity index (χ1n) is 7.22. The molecule has 1 aromatic rings. The average molecular weight is 313 g/mol. The minimum Gasteiger partial charge on any atom is -0.493 e. The Labute approximate surface area is 130 Å². The van der Waals surface area contributed by atoms with Gasteiger partial charge in [-0.15, -0.1) is 0 Å². The second kappa shape index (κ2) is 7.66. The smallest absolute Gasteiger partial charge is 0.179 e. The molecule has 0 aromatic heterocycles. The van der Waals surface area contributed by atoms with E-state index in [2.05, 4.69) is 0 Å². The molecule has 1 aliphatic heterocycles. The summed E-state index contributed by atoms with van der Waals surface area (Å²) >= 11 is 6.12. The number of methoxy groups -OCH3 is 2. The average Bonchev–Trinajstić information content (AvgIpc) is 2.99. The second-order valence-corrected chi connectivity index (χ2v) is 5.55. The van der Waals surface area contributed by atoms with Crippen LogP contribution in [-0.2, 0) is 4.74 Å². The van der Waals surface area contributed by atoms with Crippen LogP contribution in [0.15, 0.2) is 12.1 Å². The van der Waals surface area contributed by atoms with E-state index in [4.69, 9.17) is 25.8 Å². The van der Waals surface area contributed by atoms with Crippen LogP contribution in [0.4, 0.5) is 0 Å². The molecule has 4 nitrogen and oxygen atoms in total. The molecule has 1 atom stereocenters. The summed E-state index contributed by atoms with van der Waals surface area (Å²) in [7, 11) is 3.05. The van der Waals surface area contributed by atoms with Gasteiger partial charge in [-0.1, -0.05) is 11.6 Å². The third-order valence-corrected chi connectivity index (χ3v) is 3.99. The van der Waals surface area contributed by atoms with Gasteiger partial charge in [0.15, 0.2) is 17.3 Å². The molecule has 5 heteroatoms. The maximum Gasteiger partial charge on any atom is 0.179 e. The molecule has 1 aliphatic rings. The number of carbonyl (C=O) groups excluding carboxylic acids is 1. The number of benzene rings is 1. The lowest BCUT2D eigenvalue weighted by atomic mass is 10.0. The highest BCUT2D eigenvalue weighted by atomic mass is 35.5. The molecule has 2 rings (SSSR count). The zero-order chi connectivity index (χ0) is 15.2.